The van der Waals surface area contributed by atoms with Crippen molar-refractivity contribution in [3.05, 3.63) is 83.9 Å². The lowest BCUT2D eigenvalue weighted by Crippen LogP contribution is -2.12. The largest absolute Gasteiger partial charge is 0.497 e. The number of halogens is 3. The van der Waals surface area contributed by atoms with E-state index in [1.807, 2.05) is 0 Å². The second-order valence-electron chi connectivity index (χ2n) is 7.15. The van der Waals surface area contributed by atoms with Crippen molar-refractivity contribution >= 4 is 11.6 Å². The van der Waals surface area contributed by atoms with E-state index in [0.29, 0.717) is 28.3 Å². The third-order valence-electron chi connectivity index (χ3n) is 4.92. The van der Waals surface area contributed by atoms with Crippen LogP contribution in [0.5, 0.6) is 11.8 Å². The molecule has 0 aliphatic rings. The highest BCUT2D eigenvalue weighted by Gasteiger charge is 2.30. The summed E-state index contributed by atoms with van der Waals surface area (Å²) in [6.45, 7) is 0. The monoisotopic (exact) mass is 468 g/mol. The number of methoxy groups -OCH3 is 2. The maximum Gasteiger partial charge on any atom is 0.416 e. The highest BCUT2D eigenvalue weighted by atomic mass is 19.4. The van der Waals surface area contributed by atoms with E-state index in [1.165, 1.54) is 31.0 Å². The highest BCUT2D eigenvalue weighted by molar-refractivity contribution is 6.04. The van der Waals surface area contributed by atoms with Crippen molar-refractivity contribution in [1.29, 1.82) is 0 Å². The number of benzene rings is 3. The number of hydrogen-bond acceptors (Lipinski definition) is 5. The fraction of sp³-hybridized carbons (Fsp3) is 0.125. The van der Waals surface area contributed by atoms with E-state index in [-0.39, 0.29) is 17.7 Å². The molecule has 3 aromatic carbocycles. The predicted molar refractivity (Wildman–Crippen MR) is 119 cm³/mol. The molecule has 0 aliphatic carbocycles. The van der Waals surface area contributed by atoms with Gasteiger partial charge in [0.2, 0.25) is 0 Å². The normalized spacial score (nSPS) is 11.2. The Morgan fingerprint density at radius 2 is 1.68 bits per heavy atom. The number of anilines is 1. The summed E-state index contributed by atoms with van der Waals surface area (Å²) in [4.78, 5) is 16.9. The van der Waals surface area contributed by atoms with Gasteiger partial charge in [0.25, 0.3) is 5.91 Å². The summed E-state index contributed by atoms with van der Waals surface area (Å²) < 4.78 is 50.5. The number of carbonyl (C=O) groups is 1. The third-order valence-corrected chi connectivity index (χ3v) is 4.92. The van der Waals surface area contributed by atoms with E-state index in [9.17, 15) is 18.0 Å². The van der Waals surface area contributed by atoms with Gasteiger partial charge in [-0.1, -0.05) is 24.3 Å². The maximum absolute atomic E-state index is 12.9. The number of rotatable bonds is 6. The van der Waals surface area contributed by atoms with Crippen molar-refractivity contribution in [1.82, 2.24) is 14.8 Å². The van der Waals surface area contributed by atoms with Gasteiger partial charge in [-0.05, 0) is 48.5 Å². The molecule has 174 valence electrons. The number of alkyl halides is 3. The first-order valence-electron chi connectivity index (χ1n) is 10.0. The van der Waals surface area contributed by atoms with E-state index in [1.54, 1.807) is 48.5 Å². The molecule has 1 heterocycles. The SMILES string of the molecule is COc1cccc(C(=O)Nc2cccc(-n3nc(OC)nc3-c3ccc(C(F)(F)F)cc3)c2)c1. The van der Waals surface area contributed by atoms with Crippen LogP contribution in [0.2, 0.25) is 0 Å². The zero-order valence-electron chi connectivity index (χ0n) is 18.1. The summed E-state index contributed by atoms with van der Waals surface area (Å²) in [5.41, 5.74) is 1.07. The highest BCUT2D eigenvalue weighted by Crippen LogP contribution is 2.31. The molecule has 0 saturated carbocycles. The summed E-state index contributed by atoms with van der Waals surface area (Å²) in [7, 11) is 2.90. The molecule has 0 unspecified atom stereocenters. The molecule has 0 radical (unpaired) electrons. The number of carbonyl (C=O) groups excluding carboxylic acids is 1. The minimum absolute atomic E-state index is 0.0423. The number of aromatic nitrogens is 3. The molecule has 4 rings (SSSR count). The number of nitrogens with zero attached hydrogens (tertiary/aromatic N) is 3. The Hall–Kier alpha value is -4.34. The van der Waals surface area contributed by atoms with Gasteiger partial charge in [-0.2, -0.15) is 18.2 Å². The van der Waals surface area contributed by atoms with E-state index >= 15 is 0 Å². The van der Waals surface area contributed by atoms with Crippen LogP contribution in [0.15, 0.2) is 72.8 Å². The van der Waals surface area contributed by atoms with Crippen LogP contribution in [0, 0.1) is 0 Å². The average molecular weight is 468 g/mol. The van der Waals surface area contributed by atoms with Crippen molar-refractivity contribution in [2.45, 2.75) is 6.18 Å². The van der Waals surface area contributed by atoms with Crippen molar-refractivity contribution in [3.63, 3.8) is 0 Å². The van der Waals surface area contributed by atoms with Crippen LogP contribution in [0.3, 0.4) is 0 Å². The minimum Gasteiger partial charge on any atom is -0.497 e. The van der Waals surface area contributed by atoms with E-state index < -0.39 is 11.7 Å². The summed E-state index contributed by atoms with van der Waals surface area (Å²) in [6.07, 6.45) is -4.45. The number of hydrogen-bond donors (Lipinski definition) is 1. The van der Waals surface area contributed by atoms with Gasteiger partial charge in [0.05, 0.1) is 25.5 Å². The van der Waals surface area contributed by atoms with Crippen molar-refractivity contribution in [3.8, 4) is 28.8 Å². The van der Waals surface area contributed by atoms with Gasteiger partial charge in [-0.3, -0.25) is 4.79 Å². The maximum atomic E-state index is 12.9. The number of nitrogens with one attached hydrogen (secondary N) is 1. The lowest BCUT2D eigenvalue weighted by Gasteiger charge is -2.11. The van der Waals surface area contributed by atoms with E-state index in [4.69, 9.17) is 9.47 Å². The molecule has 0 fully saturated rings. The topological polar surface area (TPSA) is 78.3 Å². The molecule has 34 heavy (non-hydrogen) atoms. The quantitative estimate of drug-likeness (QED) is 0.420. The van der Waals surface area contributed by atoms with Gasteiger partial charge in [0.15, 0.2) is 5.82 Å². The molecule has 0 spiro atoms. The Morgan fingerprint density at radius 1 is 0.941 bits per heavy atom. The summed E-state index contributed by atoms with van der Waals surface area (Å²) in [5.74, 6) is 0.495. The Morgan fingerprint density at radius 3 is 2.35 bits per heavy atom. The first-order chi connectivity index (χ1) is 16.3. The number of ether oxygens (including phenoxy) is 2. The van der Waals surface area contributed by atoms with Crippen LogP contribution in [0.25, 0.3) is 17.1 Å². The summed E-state index contributed by atoms with van der Waals surface area (Å²) in [5, 5.41) is 7.09. The lowest BCUT2D eigenvalue weighted by molar-refractivity contribution is -0.137. The number of amides is 1. The van der Waals surface area contributed by atoms with E-state index in [2.05, 4.69) is 15.4 Å². The molecule has 1 N–H and O–H groups in total. The van der Waals surface area contributed by atoms with Gasteiger partial charge >= 0.3 is 12.2 Å². The summed E-state index contributed by atoms with van der Waals surface area (Å²) in [6, 6.07) is 18.2. The molecule has 7 nitrogen and oxygen atoms in total. The smallest absolute Gasteiger partial charge is 0.416 e. The van der Waals surface area contributed by atoms with Gasteiger partial charge in [0.1, 0.15) is 5.75 Å². The zero-order valence-corrected chi connectivity index (χ0v) is 18.1. The molecule has 4 aromatic rings. The van der Waals surface area contributed by atoms with Crippen molar-refractivity contribution in [2.75, 3.05) is 19.5 Å². The van der Waals surface area contributed by atoms with Crippen LogP contribution >= 0.6 is 0 Å². The van der Waals surface area contributed by atoms with Crippen LogP contribution in [0.4, 0.5) is 18.9 Å². The molecular weight excluding hydrogens is 449 g/mol. The van der Waals surface area contributed by atoms with Crippen molar-refractivity contribution in [2.24, 2.45) is 0 Å². The van der Waals surface area contributed by atoms with Crippen LogP contribution in [-0.4, -0.2) is 34.9 Å². The second-order valence-corrected chi connectivity index (χ2v) is 7.15. The van der Waals surface area contributed by atoms with Crippen LogP contribution < -0.4 is 14.8 Å². The van der Waals surface area contributed by atoms with Crippen molar-refractivity contribution < 1.29 is 27.4 Å². The lowest BCUT2D eigenvalue weighted by atomic mass is 10.1. The Bertz CT molecular complexity index is 1320. The van der Waals surface area contributed by atoms with Gasteiger partial charge in [-0.25, -0.2) is 4.68 Å². The van der Waals surface area contributed by atoms with Gasteiger partial charge < -0.3 is 14.8 Å². The van der Waals surface area contributed by atoms with Crippen LogP contribution in [-0.2, 0) is 6.18 Å². The standard InChI is InChI=1S/C24H19F3N4O3/c1-33-20-8-3-5-16(13-20)22(32)28-18-6-4-7-19(14-18)31-21(29-23(30-31)34-2)15-9-11-17(12-10-15)24(25,26)27/h3-14H,1-2H3,(H,28,32). The molecule has 0 aliphatic heterocycles. The summed E-state index contributed by atoms with van der Waals surface area (Å²) >= 11 is 0. The third kappa shape index (κ3) is 4.85. The first kappa shape index (κ1) is 22.8. The van der Waals surface area contributed by atoms with Crippen LogP contribution in [0.1, 0.15) is 15.9 Å². The Kier molecular flexibility index (Phi) is 6.22. The fourth-order valence-corrected chi connectivity index (χ4v) is 3.24. The molecule has 10 heteroatoms. The fourth-order valence-electron chi connectivity index (χ4n) is 3.24. The second kappa shape index (κ2) is 9.26. The Balaban J connectivity index is 1.66. The molecule has 1 amide bonds. The zero-order chi connectivity index (χ0) is 24.3. The first-order valence-corrected chi connectivity index (χ1v) is 10.0. The van der Waals surface area contributed by atoms with Gasteiger partial charge in [0, 0.05) is 16.8 Å². The molecule has 0 atom stereocenters. The Labute approximate surface area is 192 Å². The molecular formula is C24H19F3N4O3. The predicted octanol–water partition coefficient (Wildman–Crippen LogP) is 5.22. The molecule has 0 bridgehead atoms. The molecule has 1 aromatic heterocycles. The molecule has 0 saturated heterocycles. The minimum atomic E-state index is -4.45. The average Bonchev–Trinajstić information content (AvgIpc) is 3.28. The van der Waals surface area contributed by atoms with Gasteiger partial charge in [-0.15, -0.1) is 5.10 Å². The van der Waals surface area contributed by atoms with E-state index in [0.717, 1.165) is 12.1 Å².